The third-order valence-electron chi connectivity index (χ3n) is 4.95. The first-order valence-electron chi connectivity index (χ1n) is 10.1. The molecule has 5 rings (SSSR count). The molecule has 0 bridgehead atoms. The highest BCUT2D eigenvalue weighted by Crippen LogP contribution is 2.40. The number of anilines is 3. The topological polar surface area (TPSA) is 128 Å². The maximum Gasteiger partial charge on any atom is 0.573 e. The van der Waals surface area contributed by atoms with E-state index in [1.54, 1.807) is 41.2 Å². The van der Waals surface area contributed by atoms with Crippen molar-refractivity contribution in [3.05, 3.63) is 72.8 Å². The molecule has 0 saturated carbocycles. The van der Waals surface area contributed by atoms with Gasteiger partial charge in [0.1, 0.15) is 17.6 Å². The zero-order valence-electron chi connectivity index (χ0n) is 18.0. The normalized spacial score (nSPS) is 13.0. The Kier molecular flexibility index (Phi) is 6.17. The van der Waals surface area contributed by atoms with Crippen molar-refractivity contribution >= 4 is 55.9 Å². The summed E-state index contributed by atoms with van der Waals surface area (Å²) in [5.41, 5.74) is 9.58. The summed E-state index contributed by atoms with van der Waals surface area (Å²) in [4.78, 5) is 16.5. The van der Waals surface area contributed by atoms with Crippen molar-refractivity contribution in [2.24, 2.45) is 3.15 Å². The van der Waals surface area contributed by atoms with Crippen LogP contribution in [0.2, 0.25) is 0 Å². The molecule has 1 aliphatic heterocycles. The van der Waals surface area contributed by atoms with Crippen LogP contribution in [0.15, 0.2) is 70.4 Å². The number of hydrogen-bond acceptors (Lipinski definition) is 7. The first kappa shape index (κ1) is 23.5. The van der Waals surface area contributed by atoms with Crippen LogP contribution < -0.4 is 21.1 Å². The summed E-state index contributed by atoms with van der Waals surface area (Å²) in [6.45, 7) is 0. The highest BCUT2D eigenvalue weighted by molar-refractivity contribution is 14.1. The molecule has 0 unspecified atom stereocenters. The summed E-state index contributed by atoms with van der Waals surface area (Å²) in [5.74, 6) is 0.454. The number of amides is 2. The molecule has 14 heteroatoms. The molecule has 184 valence electrons. The Morgan fingerprint density at radius 3 is 2.61 bits per heavy atom. The molecule has 0 fully saturated rings. The number of urea groups is 1. The second-order valence-corrected chi connectivity index (χ2v) is 8.72. The fraction of sp³-hybridized carbons (Fsp3) is 0.0455. The highest BCUT2D eigenvalue weighted by Gasteiger charge is 2.31. The van der Waals surface area contributed by atoms with Crippen LogP contribution in [0.5, 0.6) is 5.75 Å². The number of fused-ring (bicyclic) bond motifs is 1. The SMILES string of the molecule is Nc1ncnn2cc(C3=CN=IO3)c(-c3ccc(NC(=O)Nc4cccc(OC(F)(F)F)c4)cc3)c12. The van der Waals surface area contributed by atoms with Crippen LogP contribution in [0, 0.1) is 0 Å². The summed E-state index contributed by atoms with van der Waals surface area (Å²) < 4.78 is 52.7. The van der Waals surface area contributed by atoms with Gasteiger partial charge in [0.15, 0.2) is 11.6 Å². The fourth-order valence-electron chi connectivity index (χ4n) is 3.55. The van der Waals surface area contributed by atoms with Crippen molar-refractivity contribution in [1.29, 1.82) is 0 Å². The van der Waals surface area contributed by atoms with Crippen molar-refractivity contribution in [1.82, 2.24) is 14.6 Å². The number of benzene rings is 2. The summed E-state index contributed by atoms with van der Waals surface area (Å²) >= 11 is -0.753. The van der Waals surface area contributed by atoms with Gasteiger partial charge < -0.3 is 24.2 Å². The Bertz CT molecular complexity index is 1520. The lowest BCUT2D eigenvalue weighted by Crippen LogP contribution is -2.20. The maximum absolute atomic E-state index is 12.4. The van der Waals surface area contributed by atoms with Crippen LogP contribution in [0.25, 0.3) is 22.4 Å². The molecule has 0 aliphatic carbocycles. The molecular formula is C22H15F3IN7O3. The third-order valence-corrected chi connectivity index (χ3v) is 6.13. The van der Waals surface area contributed by atoms with Crippen molar-refractivity contribution < 1.29 is 25.8 Å². The van der Waals surface area contributed by atoms with Crippen LogP contribution in [0.4, 0.5) is 35.2 Å². The number of carbonyl (C=O) groups is 1. The minimum absolute atomic E-state index is 0.129. The van der Waals surface area contributed by atoms with E-state index in [1.807, 2.05) is 0 Å². The van der Waals surface area contributed by atoms with E-state index in [0.29, 0.717) is 17.0 Å². The number of nitrogens with two attached hydrogens (primary N) is 1. The number of ether oxygens (including phenoxy) is 1. The molecule has 0 atom stereocenters. The number of alkyl halides is 3. The molecule has 36 heavy (non-hydrogen) atoms. The van der Waals surface area contributed by atoms with E-state index < -0.39 is 39.6 Å². The third kappa shape index (κ3) is 5.07. The highest BCUT2D eigenvalue weighted by atomic mass is 127. The largest absolute Gasteiger partial charge is 0.573 e. The van der Waals surface area contributed by atoms with Gasteiger partial charge >= 0.3 is 12.4 Å². The molecule has 3 heterocycles. The number of halogens is 4. The van der Waals surface area contributed by atoms with Gasteiger partial charge in [-0.2, -0.15) is 8.24 Å². The summed E-state index contributed by atoms with van der Waals surface area (Å²) in [6, 6.07) is 11.2. The van der Waals surface area contributed by atoms with Crippen LogP contribution in [-0.2, 0) is 3.07 Å². The lowest BCUT2D eigenvalue weighted by Gasteiger charge is -2.12. The average Bonchev–Trinajstić information content (AvgIpc) is 3.47. The zero-order valence-corrected chi connectivity index (χ0v) is 20.1. The van der Waals surface area contributed by atoms with Crippen LogP contribution in [0.3, 0.4) is 0 Å². The van der Waals surface area contributed by atoms with Crippen molar-refractivity contribution in [3.8, 4) is 16.9 Å². The first-order valence-corrected chi connectivity index (χ1v) is 12.0. The van der Waals surface area contributed by atoms with Gasteiger partial charge in [-0.3, -0.25) is 0 Å². The lowest BCUT2D eigenvalue weighted by atomic mass is 10.0. The van der Waals surface area contributed by atoms with Crippen molar-refractivity contribution in [2.45, 2.75) is 6.36 Å². The second kappa shape index (κ2) is 9.44. The number of nitrogen functional groups attached to an aromatic ring is 1. The first-order chi connectivity index (χ1) is 17.3. The van der Waals surface area contributed by atoms with E-state index in [-0.39, 0.29) is 11.5 Å². The van der Waals surface area contributed by atoms with E-state index in [9.17, 15) is 18.0 Å². The standard InChI is InChI=1S/C22H15F3IN7O3/c23-22(24,25)35-15-3-1-2-14(8-15)32-21(34)31-13-6-4-12(5-7-13)18-16(17-9-29-26-36-17)10-33-19(18)20(27)28-11-30-33/h1-11H,(H2,27,28,30)(H2,31,32,34). The molecule has 10 nitrogen and oxygen atoms in total. The number of nitrogens with one attached hydrogen (secondary N) is 2. The average molecular weight is 609 g/mol. The molecule has 0 saturated heterocycles. The maximum atomic E-state index is 12.4. The van der Waals surface area contributed by atoms with Gasteiger partial charge in [0.25, 0.3) is 0 Å². The summed E-state index contributed by atoms with van der Waals surface area (Å²) in [6.07, 6.45) is -0.0191. The number of aromatic nitrogens is 3. The Hall–Kier alpha value is -4.21. The molecule has 4 aromatic rings. The van der Waals surface area contributed by atoms with Gasteiger partial charge in [-0.1, -0.05) is 18.2 Å². The lowest BCUT2D eigenvalue weighted by molar-refractivity contribution is -0.274. The van der Waals surface area contributed by atoms with Gasteiger partial charge in [0.2, 0.25) is 21.4 Å². The fourth-order valence-corrected chi connectivity index (χ4v) is 4.59. The van der Waals surface area contributed by atoms with E-state index in [0.717, 1.165) is 28.8 Å². The number of nitrogens with zero attached hydrogens (tertiary/aromatic N) is 4. The van der Waals surface area contributed by atoms with Crippen LogP contribution >= 0.6 is 21.4 Å². The molecular weight excluding hydrogens is 594 g/mol. The Morgan fingerprint density at radius 2 is 1.89 bits per heavy atom. The Balaban J connectivity index is 1.36. The van der Waals surface area contributed by atoms with Crippen molar-refractivity contribution in [3.63, 3.8) is 0 Å². The smallest absolute Gasteiger partial charge is 0.417 e. The van der Waals surface area contributed by atoms with Crippen LogP contribution in [-0.4, -0.2) is 27.0 Å². The summed E-state index contributed by atoms with van der Waals surface area (Å²) in [7, 11) is 0. The minimum Gasteiger partial charge on any atom is -0.417 e. The molecule has 2 aromatic carbocycles. The van der Waals surface area contributed by atoms with E-state index in [2.05, 4.69) is 28.6 Å². The summed E-state index contributed by atoms with van der Waals surface area (Å²) in [5, 5.41) is 9.33. The van der Waals surface area contributed by atoms with E-state index in [1.165, 1.54) is 18.5 Å². The molecule has 2 aromatic heterocycles. The van der Waals surface area contributed by atoms with Crippen LogP contribution in [0.1, 0.15) is 5.56 Å². The van der Waals surface area contributed by atoms with Crippen molar-refractivity contribution in [2.75, 3.05) is 16.4 Å². The molecule has 1 aliphatic rings. The number of hydrogen-bond donors (Lipinski definition) is 3. The number of carbonyl (C=O) groups excluding carboxylic acids is 1. The predicted molar refractivity (Wildman–Crippen MR) is 134 cm³/mol. The molecule has 4 N–H and O–H groups in total. The quantitative estimate of drug-likeness (QED) is 0.241. The Morgan fingerprint density at radius 1 is 1.11 bits per heavy atom. The van der Waals surface area contributed by atoms with Gasteiger partial charge in [-0.25, -0.2) is 14.3 Å². The van der Waals surface area contributed by atoms with E-state index in [4.69, 9.17) is 8.80 Å². The second-order valence-electron chi connectivity index (χ2n) is 7.33. The molecule has 0 spiro atoms. The monoisotopic (exact) mass is 609 g/mol. The number of rotatable bonds is 5. The van der Waals surface area contributed by atoms with Gasteiger partial charge in [0, 0.05) is 34.8 Å². The minimum atomic E-state index is -4.83. The van der Waals surface area contributed by atoms with Gasteiger partial charge in [-0.05, 0) is 29.8 Å². The Labute approximate surface area is 211 Å². The predicted octanol–water partition coefficient (Wildman–Crippen LogP) is 5.92. The van der Waals surface area contributed by atoms with Gasteiger partial charge in [-0.15, -0.1) is 13.2 Å². The zero-order chi connectivity index (χ0) is 25.3. The molecule has 2 amide bonds. The van der Waals surface area contributed by atoms with E-state index >= 15 is 0 Å². The van der Waals surface area contributed by atoms with Gasteiger partial charge in [0.05, 0.1) is 6.20 Å². The molecule has 0 radical (unpaired) electrons.